The Morgan fingerprint density at radius 2 is 1.56 bits per heavy atom. The lowest BCUT2D eigenvalue weighted by molar-refractivity contribution is 0.0979. The van der Waals surface area contributed by atoms with Crippen molar-refractivity contribution in [1.29, 1.82) is 0 Å². The Bertz CT molecular complexity index is 641. The van der Waals surface area contributed by atoms with Gasteiger partial charge >= 0.3 is 0 Å². The van der Waals surface area contributed by atoms with Crippen molar-refractivity contribution in [2.75, 3.05) is 0 Å². The molecule has 2 nitrogen and oxygen atoms in total. The van der Waals surface area contributed by atoms with Gasteiger partial charge in [-0.1, -0.05) is 75.9 Å². The van der Waals surface area contributed by atoms with Crippen molar-refractivity contribution in [2.24, 2.45) is 0 Å². The van der Waals surface area contributed by atoms with Crippen molar-refractivity contribution >= 4 is 5.78 Å². The molecule has 1 N–H and O–H groups in total. The zero-order valence-electron chi connectivity index (χ0n) is 15.5. The smallest absolute Gasteiger partial charge is 0.162 e. The maximum atomic E-state index is 12.3. The van der Waals surface area contributed by atoms with E-state index in [2.05, 4.69) is 26.0 Å². The van der Waals surface area contributed by atoms with Crippen molar-refractivity contribution in [1.82, 2.24) is 0 Å². The van der Waals surface area contributed by atoms with E-state index in [1.54, 1.807) is 12.1 Å². The lowest BCUT2D eigenvalue weighted by atomic mass is 9.92. The summed E-state index contributed by atoms with van der Waals surface area (Å²) < 4.78 is 0. The van der Waals surface area contributed by atoms with Crippen molar-refractivity contribution in [2.45, 2.75) is 64.7 Å². The second kappa shape index (κ2) is 10.0. The molecular formula is C23H30O2. The molecule has 0 aliphatic rings. The van der Waals surface area contributed by atoms with E-state index in [1.807, 2.05) is 24.3 Å². The number of aromatic hydroxyl groups is 1. The highest BCUT2D eigenvalue weighted by molar-refractivity contribution is 5.96. The van der Waals surface area contributed by atoms with Gasteiger partial charge in [-0.2, -0.15) is 0 Å². The van der Waals surface area contributed by atoms with Crippen molar-refractivity contribution in [3.05, 3.63) is 65.2 Å². The van der Waals surface area contributed by atoms with Crippen LogP contribution in [0, 0.1) is 0 Å². The molecule has 2 heteroatoms. The highest BCUT2D eigenvalue weighted by atomic mass is 16.3. The zero-order chi connectivity index (χ0) is 18.1. The third-order valence-corrected chi connectivity index (χ3v) is 4.79. The van der Waals surface area contributed by atoms with Gasteiger partial charge in [0.25, 0.3) is 0 Å². The predicted octanol–water partition coefficient (Wildman–Crippen LogP) is 6.28. The van der Waals surface area contributed by atoms with Crippen molar-refractivity contribution < 1.29 is 9.90 Å². The molecule has 134 valence electrons. The molecule has 2 aromatic rings. The molecule has 0 fully saturated rings. The first kappa shape index (κ1) is 19.2. The molecule has 0 bridgehead atoms. The SMILES string of the molecule is CCCCCCCC(=O)c1ccc(C(C)Cc2ccc(O)cc2)cc1. The summed E-state index contributed by atoms with van der Waals surface area (Å²) in [4.78, 5) is 12.3. The van der Waals surface area contributed by atoms with Crippen molar-refractivity contribution in [3.8, 4) is 5.75 Å². The van der Waals surface area contributed by atoms with Gasteiger partial charge in [0.2, 0.25) is 0 Å². The van der Waals surface area contributed by atoms with Gasteiger partial charge in [0.15, 0.2) is 5.78 Å². The van der Waals surface area contributed by atoms with Crippen LogP contribution in [-0.4, -0.2) is 10.9 Å². The normalized spacial score (nSPS) is 12.1. The average molecular weight is 338 g/mol. The number of carbonyl (C=O) groups excluding carboxylic acids is 1. The number of benzene rings is 2. The standard InChI is InChI=1S/C23H30O2/c1-3-4-5-6-7-8-23(25)21-13-11-20(12-14-21)18(2)17-19-9-15-22(24)16-10-19/h9-16,18,24H,3-8,17H2,1-2H3. The summed E-state index contributed by atoms with van der Waals surface area (Å²) >= 11 is 0. The van der Waals surface area contributed by atoms with Crippen LogP contribution in [0.5, 0.6) is 5.75 Å². The number of ketones is 1. The van der Waals surface area contributed by atoms with E-state index in [0.717, 1.165) is 24.8 Å². The van der Waals surface area contributed by atoms with Gasteiger partial charge in [-0.05, 0) is 42.0 Å². The zero-order valence-corrected chi connectivity index (χ0v) is 15.5. The molecule has 1 unspecified atom stereocenters. The van der Waals surface area contributed by atoms with E-state index in [0.29, 0.717) is 18.1 Å². The third-order valence-electron chi connectivity index (χ3n) is 4.79. The van der Waals surface area contributed by atoms with Crippen LogP contribution in [0.4, 0.5) is 0 Å². The Labute approximate surface area is 151 Å². The lowest BCUT2D eigenvalue weighted by Crippen LogP contribution is -2.02. The minimum atomic E-state index is 0.259. The largest absolute Gasteiger partial charge is 0.508 e. The van der Waals surface area contributed by atoms with E-state index in [4.69, 9.17) is 0 Å². The van der Waals surface area contributed by atoms with Crippen LogP contribution in [0.25, 0.3) is 0 Å². The van der Waals surface area contributed by atoms with E-state index >= 15 is 0 Å². The van der Waals surface area contributed by atoms with Crippen LogP contribution in [0.1, 0.15) is 79.8 Å². The molecule has 25 heavy (non-hydrogen) atoms. The topological polar surface area (TPSA) is 37.3 Å². The number of Topliss-reactive ketones (excluding diaryl/α,β-unsaturated/α-hetero) is 1. The average Bonchev–Trinajstić information content (AvgIpc) is 2.63. The minimum absolute atomic E-state index is 0.259. The van der Waals surface area contributed by atoms with E-state index < -0.39 is 0 Å². The first-order chi connectivity index (χ1) is 12.1. The Kier molecular flexibility index (Phi) is 7.72. The fraction of sp³-hybridized carbons (Fsp3) is 0.435. The molecule has 0 aliphatic heterocycles. The Morgan fingerprint density at radius 3 is 2.20 bits per heavy atom. The highest BCUT2D eigenvalue weighted by Gasteiger charge is 2.10. The fourth-order valence-electron chi connectivity index (χ4n) is 3.13. The van der Waals surface area contributed by atoms with Gasteiger partial charge in [0.05, 0.1) is 0 Å². The lowest BCUT2D eigenvalue weighted by Gasteiger charge is -2.13. The second-order valence-corrected chi connectivity index (χ2v) is 6.98. The molecule has 0 heterocycles. The van der Waals surface area contributed by atoms with Crippen LogP contribution < -0.4 is 0 Å². The number of hydrogen-bond donors (Lipinski definition) is 1. The predicted molar refractivity (Wildman–Crippen MR) is 104 cm³/mol. The van der Waals surface area contributed by atoms with E-state index in [-0.39, 0.29) is 5.78 Å². The summed E-state index contributed by atoms with van der Waals surface area (Å²) in [6.45, 7) is 4.40. The number of unbranched alkanes of at least 4 members (excludes halogenated alkanes) is 4. The number of rotatable bonds is 10. The van der Waals surface area contributed by atoms with Gasteiger partial charge in [-0.3, -0.25) is 4.79 Å². The monoisotopic (exact) mass is 338 g/mol. The summed E-state index contributed by atoms with van der Waals surface area (Å²) in [6, 6.07) is 15.5. The molecule has 0 saturated carbocycles. The second-order valence-electron chi connectivity index (χ2n) is 6.98. The van der Waals surface area contributed by atoms with E-state index in [1.165, 1.54) is 30.4 Å². The van der Waals surface area contributed by atoms with Crippen LogP contribution in [0.2, 0.25) is 0 Å². The van der Waals surface area contributed by atoms with Gasteiger partial charge in [0, 0.05) is 12.0 Å². The summed E-state index contributed by atoms with van der Waals surface area (Å²) in [5.41, 5.74) is 3.28. The Balaban J connectivity index is 1.85. The van der Waals surface area contributed by atoms with Crippen LogP contribution in [-0.2, 0) is 6.42 Å². The molecule has 2 rings (SSSR count). The van der Waals surface area contributed by atoms with E-state index in [9.17, 15) is 9.90 Å². The first-order valence-electron chi connectivity index (χ1n) is 9.51. The van der Waals surface area contributed by atoms with Gasteiger partial charge in [-0.15, -0.1) is 0 Å². The summed E-state index contributed by atoms with van der Waals surface area (Å²) in [5.74, 6) is 0.936. The van der Waals surface area contributed by atoms with Gasteiger partial charge < -0.3 is 5.11 Å². The summed E-state index contributed by atoms with van der Waals surface area (Å²) in [7, 11) is 0. The highest BCUT2D eigenvalue weighted by Crippen LogP contribution is 2.22. The maximum Gasteiger partial charge on any atom is 0.162 e. The van der Waals surface area contributed by atoms with Crippen LogP contribution >= 0.6 is 0 Å². The molecule has 0 saturated heterocycles. The number of phenols is 1. The van der Waals surface area contributed by atoms with Crippen molar-refractivity contribution in [3.63, 3.8) is 0 Å². The minimum Gasteiger partial charge on any atom is -0.508 e. The number of hydrogen-bond acceptors (Lipinski definition) is 2. The third kappa shape index (κ3) is 6.38. The molecule has 2 aromatic carbocycles. The summed E-state index contributed by atoms with van der Waals surface area (Å²) in [5, 5.41) is 9.36. The van der Waals surface area contributed by atoms with Gasteiger partial charge in [-0.25, -0.2) is 0 Å². The summed E-state index contributed by atoms with van der Waals surface area (Å²) in [6.07, 6.45) is 7.47. The number of phenolic OH excluding ortho intramolecular Hbond substituents is 1. The van der Waals surface area contributed by atoms with Gasteiger partial charge in [0.1, 0.15) is 5.75 Å². The molecule has 0 aromatic heterocycles. The molecular weight excluding hydrogens is 308 g/mol. The van der Waals surface area contributed by atoms with Crippen LogP contribution in [0.3, 0.4) is 0 Å². The number of carbonyl (C=O) groups is 1. The molecule has 0 amide bonds. The quantitative estimate of drug-likeness (QED) is 0.409. The molecule has 0 spiro atoms. The van der Waals surface area contributed by atoms with Crippen LogP contribution in [0.15, 0.2) is 48.5 Å². The molecule has 0 radical (unpaired) electrons. The maximum absolute atomic E-state index is 12.3. The fourth-order valence-corrected chi connectivity index (χ4v) is 3.13. The first-order valence-corrected chi connectivity index (χ1v) is 9.51. The Morgan fingerprint density at radius 1 is 0.920 bits per heavy atom. The molecule has 1 atom stereocenters. The molecule has 0 aliphatic carbocycles. The Hall–Kier alpha value is -2.09.